The molecule has 3 unspecified atom stereocenters. The van der Waals surface area contributed by atoms with E-state index >= 15 is 0 Å². The largest absolute Gasteiger partial charge is 0.381 e. The van der Waals surface area contributed by atoms with Crippen LogP contribution in [0.5, 0.6) is 0 Å². The summed E-state index contributed by atoms with van der Waals surface area (Å²) in [6.07, 6.45) is 2.47. The van der Waals surface area contributed by atoms with Crippen molar-refractivity contribution in [1.82, 2.24) is 9.88 Å². The van der Waals surface area contributed by atoms with E-state index < -0.39 is 0 Å². The third-order valence-corrected chi connectivity index (χ3v) is 4.67. The normalized spacial score (nSPS) is 27.3. The summed E-state index contributed by atoms with van der Waals surface area (Å²) in [6.45, 7) is 6.01. The second-order valence-corrected chi connectivity index (χ2v) is 6.04. The number of methoxy groups -OCH3 is 1. The molecule has 2 heterocycles. The van der Waals surface area contributed by atoms with E-state index in [1.54, 1.807) is 18.4 Å². The monoisotopic (exact) mass is 269 g/mol. The molecule has 18 heavy (non-hydrogen) atoms. The molecule has 5 heteroatoms. The third kappa shape index (κ3) is 2.91. The molecule has 0 aromatic carbocycles. The van der Waals surface area contributed by atoms with Gasteiger partial charge in [0.2, 0.25) is 0 Å². The van der Waals surface area contributed by atoms with Crippen LogP contribution < -0.4 is 5.73 Å². The van der Waals surface area contributed by atoms with Gasteiger partial charge in [-0.15, -0.1) is 11.3 Å². The molecule has 1 aliphatic rings. The molecule has 1 aromatic rings. The number of nitrogens with zero attached hydrogens (tertiary/aromatic N) is 2. The van der Waals surface area contributed by atoms with Crippen molar-refractivity contribution in [3.8, 4) is 0 Å². The molecule has 1 aliphatic heterocycles. The predicted octanol–water partition coefficient (Wildman–Crippen LogP) is 1.95. The van der Waals surface area contributed by atoms with Gasteiger partial charge in [-0.05, 0) is 26.7 Å². The maximum absolute atomic E-state index is 5.92. The predicted molar refractivity (Wildman–Crippen MR) is 74.8 cm³/mol. The first kappa shape index (κ1) is 13.9. The summed E-state index contributed by atoms with van der Waals surface area (Å²) in [7, 11) is 1.79. The highest BCUT2D eigenvalue weighted by molar-refractivity contribution is 7.09. The number of nitrogens with two attached hydrogens (primary N) is 1. The molecule has 102 valence electrons. The van der Waals surface area contributed by atoms with Gasteiger partial charge in [-0.3, -0.25) is 4.90 Å². The van der Waals surface area contributed by atoms with Gasteiger partial charge >= 0.3 is 0 Å². The highest BCUT2D eigenvalue weighted by Gasteiger charge is 2.31. The van der Waals surface area contributed by atoms with Crippen molar-refractivity contribution in [2.45, 2.75) is 44.9 Å². The van der Waals surface area contributed by atoms with Gasteiger partial charge in [-0.1, -0.05) is 0 Å². The van der Waals surface area contributed by atoms with Crippen molar-refractivity contribution in [2.75, 3.05) is 20.2 Å². The lowest BCUT2D eigenvalue weighted by molar-refractivity contribution is -0.00223. The Bertz CT molecular complexity index is 382. The molecule has 0 amide bonds. The van der Waals surface area contributed by atoms with Crippen LogP contribution in [0, 0.1) is 6.92 Å². The van der Waals surface area contributed by atoms with Crippen LogP contribution >= 0.6 is 11.3 Å². The first-order valence-electron chi connectivity index (χ1n) is 6.56. The van der Waals surface area contributed by atoms with Gasteiger partial charge in [0, 0.05) is 31.6 Å². The molecule has 1 saturated heterocycles. The van der Waals surface area contributed by atoms with Gasteiger partial charge < -0.3 is 10.5 Å². The Hall–Kier alpha value is -0.490. The van der Waals surface area contributed by atoms with E-state index in [0.717, 1.165) is 24.4 Å². The minimum atomic E-state index is 0.348. The Kier molecular flexibility index (Phi) is 4.72. The molecule has 0 spiro atoms. The van der Waals surface area contributed by atoms with Crippen LogP contribution in [0.4, 0.5) is 0 Å². The summed E-state index contributed by atoms with van der Waals surface area (Å²) in [4.78, 5) is 7.07. The highest BCUT2D eigenvalue weighted by atomic mass is 32.1. The number of thiazole rings is 1. The number of piperidine rings is 1. The Labute approximate surface area is 113 Å². The Morgan fingerprint density at radius 1 is 1.67 bits per heavy atom. The van der Waals surface area contributed by atoms with Crippen molar-refractivity contribution in [1.29, 1.82) is 0 Å². The lowest BCUT2D eigenvalue weighted by Gasteiger charge is -2.41. The topological polar surface area (TPSA) is 51.4 Å². The average molecular weight is 269 g/mol. The molecule has 2 N–H and O–H groups in total. The van der Waals surface area contributed by atoms with Gasteiger partial charge in [-0.2, -0.15) is 0 Å². The van der Waals surface area contributed by atoms with Gasteiger partial charge in [0.1, 0.15) is 0 Å². The molecule has 3 atom stereocenters. The van der Waals surface area contributed by atoms with Crippen LogP contribution in [0.25, 0.3) is 0 Å². The first-order valence-corrected chi connectivity index (χ1v) is 7.44. The maximum atomic E-state index is 5.92. The van der Waals surface area contributed by atoms with E-state index in [2.05, 4.69) is 29.1 Å². The van der Waals surface area contributed by atoms with Crippen molar-refractivity contribution in [2.24, 2.45) is 5.73 Å². The third-order valence-electron chi connectivity index (χ3n) is 3.88. The van der Waals surface area contributed by atoms with E-state index in [0.29, 0.717) is 24.7 Å². The number of aromatic nitrogens is 1. The van der Waals surface area contributed by atoms with E-state index in [-0.39, 0.29) is 0 Å². The molecule has 1 fully saturated rings. The Morgan fingerprint density at radius 3 is 3.00 bits per heavy atom. The number of rotatable bonds is 4. The first-order chi connectivity index (χ1) is 8.65. The molecule has 0 bridgehead atoms. The van der Waals surface area contributed by atoms with E-state index in [1.165, 1.54) is 5.69 Å². The number of hydrogen-bond donors (Lipinski definition) is 1. The van der Waals surface area contributed by atoms with Crippen molar-refractivity contribution in [3.05, 3.63) is 16.1 Å². The van der Waals surface area contributed by atoms with Gasteiger partial charge in [0.15, 0.2) is 0 Å². The SMILES string of the molecule is COC1CCN(C(C)c2csc(C)n2)C(CN)C1. The van der Waals surface area contributed by atoms with Crippen molar-refractivity contribution in [3.63, 3.8) is 0 Å². The van der Waals surface area contributed by atoms with Crippen LogP contribution in [0.2, 0.25) is 0 Å². The zero-order valence-electron chi connectivity index (χ0n) is 11.4. The number of aryl methyl sites for hydroxylation is 1. The summed E-state index contributed by atoms with van der Waals surface area (Å²) in [5, 5.41) is 3.30. The minimum absolute atomic E-state index is 0.348. The molecular formula is C13H23N3OS. The van der Waals surface area contributed by atoms with Crippen LogP contribution in [0.3, 0.4) is 0 Å². The molecule has 0 aliphatic carbocycles. The molecule has 2 rings (SSSR count). The Morgan fingerprint density at radius 2 is 2.44 bits per heavy atom. The molecule has 0 radical (unpaired) electrons. The quantitative estimate of drug-likeness (QED) is 0.907. The second kappa shape index (κ2) is 6.10. The van der Waals surface area contributed by atoms with Crippen LogP contribution in [0.1, 0.15) is 36.5 Å². The minimum Gasteiger partial charge on any atom is -0.381 e. The summed E-state index contributed by atoms with van der Waals surface area (Å²) in [6, 6.07) is 0.752. The Balaban J connectivity index is 2.07. The van der Waals surface area contributed by atoms with Crippen LogP contribution in [-0.2, 0) is 4.74 Å². The van der Waals surface area contributed by atoms with E-state index in [1.807, 2.05) is 0 Å². The fraction of sp³-hybridized carbons (Fsp3) is 0.769. The summed E-state index contributed by atoms with van der Waals surface area (Å²) >= 11 is 1.72. The molecule has 4 nitrogen and oxygen atoms in total. The highest BCUT2D eigenvalue weighted by Crippen LogP contribution is 2.29. The standard InChI is InChI=1S/C13H23N3OS/c1-9(13-8-18-10(2)15-13)16-5-4-12(17-3)6-11(16)7-14/h8-9,11-12H,4-7,14H2,1-3H3. The van der Waals surface area contributed by atoms with Crippen molar-refractivity contribution >= 4 is 11.3 Å². The van der Waals surface area contributed by atoms with Crippen LogP contribution in [-0.4, -0.2) is 42.2 Å². The van der Waals surface area contributed by atoms with Gasteiger partial charge in [0.25, 0.3) is 0 Å². The molecule has 1 aromatic heterocycles. The maximum Gasteiger partial charge on any atom is 0.0898 e. The average Bonchev–Trinajstić information content (AvgIpc) is 2.83. The summed E-state index contributed by atoms with van der Waals surface area (Å²) in [5.74, 6) is 0. The molecule has 0 saturated carbocycles. The number of likely N-dealkylation sites (tertiary alicyclic amines) is 1. The lowest BCUT2D eigenvalue weighted by atomic mass is 9.97. The summed E-state index contributed by atoms with van der Waals surface area (Å²) < 4.78 is 5.47. The van der Waals surface area contributed by atoms with Crippen molar-refractivity contribution < 1.29 is 4.74 Å². The van der Waals surface area contributed by atoms with E-state index in [9.17, 15) is 0 Å². The number of hydrogen-bond acceptors (Lipinski definition) is 5. The van der Waals surface area contributed by atoms with Crippen LogP contribution in [0.15, 0.2) is 5.38 Å². The fourth-order valence-corrected chi connectivity index (χ4v) is 3.43. The lowest BCUT2D eigenvalue weighted by Crippen LogP contribution is -2.49. The zero-order valence-corrected chi connectivity index (χ0v) is 12.2. The summed E-state index contributed by atoms with van der Waals surface area (Å²) in [5.41, 5.74) is 7.09. The fourth-order valence-electron chi connectivity index (χ4n) is 2.73. The van der Waals surface area contributed by atoms with E-state index in [4.69, 9.17) is 10.5 Å². The van der Waals surface area contributed by atoms with Gasteiger partial charge in [0.05, 0.1) is 22.8 Å². The number of ether oxygens (including phenoxy) is 1. The smallest absolute Gasteiger partial charge is 0.0898 e. The zero-order chi connectivity index (χ0) is 13.1. The van der Waals surface area contributed by atoms with Gasteiger partial charge in [-0.25, -0.2) is 4.98 Å². The second-order valence-electron chi connectivity index (χ2n) is 4.98. The molecular weight excluding hydrogens is 246 g/mol.